The van der Waals surface area contributed by atoms with Gasteiger partial charge in [0.1, 0.15) is 11.5 Å². The summed E-state index contributed by atoms with van der Waals surface area (Å²) in [6.45, 7) is 7.42. The Hall–Kier alpha value is -2.86. The predicted octanol–water partition coefficient (Wildman–Crippen LogP) is 4.65. The van der Waals surface area contributed by atoms with Crippen molar-refractivity contribution < 1.29 is 14.3 Å². The van der Waals surface area contributed by atoms with Crippen molar-refractivity contribution in [3.63, 3.8) is 0 Å². The van der Waals surface area contributed by atoms with Crippen LogP contribution in [0.2, 0.25) is 0 Å². The van der Waals surface area contributed by atoms with E-state index >= 15 is 0 Å². The molecule has 0 bridgehead atoms. The highest BCUT2D eigenvalue weighted by molar-refractivity contribution is 7.80. The summed E-state index contributed by atoms with van der Waals surface area (Å²) in [4.78, 5) is 12.0. The number of carbonyl (C=O) groups is 1. The quantitative estimate of drug-likeness (QED) is 0.501. The second-order valence-corrected chi connectivity index (χ2v) is 6.92. The van der Waals surface area contributed by atoms with Gasteiger partial charge >= 0.3 is 0 Å². The molecule has 6 heteroatoms. The third-order valence-electron chi connectivity index (χ3n) is 3.55. The molecule has 0 spiro atoms. The van der Waals surface area contributed by atoms with Gasteiger partial charge in [-0.15, -0.1) is 0 Å². The Bertz CT molecular complexity index is 800. The van der Waals surface area contributed by atoms with Crippen molar-refractivity contribution in [2.45, 2.75) is 20.8 Å². The molecule has 0 aliphatic rings. The van der Waals surface area contributed by atoms with Crippen LogP contribution in [0.4, 0.5) is 5.69 Å². The average Bonchev–Trinajstić information content (AvgIpc) is 2.67. The average molecular weight is 399 g/mol. The van der Waals surface area contributed by atoms with Gasteiger partial charge in [0.2, 0.25) is 5.91 Å². The van der Waals surface area contributed by atoms with Gasteiger partial charge in [0, 0.05) is 11.8 Å². The fourth-order valence-corrected chi connectivity index (χ4v) is 2.45. The molecule has 2 aromatic rings. The maximum atomic E-state index is 12.0. The first kappa shape index (κ1) is 21.4. The van der Waals surface area contributed by atoms with Crippen LogP contribution in [0.5, 0.6) is 11.5 Å². The van der Waals surface area contributed by atoms with Crippen molar-refractivity contribution in [2.75, 3.05) is 18.5 Å². The fraction of sp³-hybridized carbons (Fsp3) is 0.273. The zero-order valence-corrected chi connectivity index (χ0v) is 17.2. The van der Waals surface area contributed by atoms with E-state index in [1.807, 2.05) is 55.5 Å². The lowest BCUT2D eigenvalue weighted by molar-refractivity contribution is -0.115. The first-order chi connectivity index (χ1) is 13.5. The Morgan fingerprint density at radius 3 is 2.25 bits per heavy atom. The topological polar surface area (TPSA) is 59.6 Å². The number of hydrogen-bond acceptors (Lipinski definition) is 4. The van der Waals surface area contributed by atoms with Gasteiger partial charge in [0.15, 0.2) is 5.11 Å². The predicted molar refractivity (Wildman–Crippen MR) is 118 cm³/mol. The van der Waals surface area contributed by atoms with E-state index in [1.165, 1.54) is 6.08 Å². The molecule has 0 aromatic heterocycles. The number of thiocarbonyl (C=S) groups is 1. The van der Waals surface area contributed by atoms with E-state index in [9.17, 15) is 4.79 Å². The molecule has 0 atom stereocenters. The maximum Gasteiger partial charge on any atom is 0.250 e. The Balaban J connectivity index is 1.80. The van der Waals surface area contributed by atoms with Gasteiger partial charge in [-0.25, -0.2) is 0 Å². The third-order valence-corrected chi connectivity index (χ3v) is 3.75. The molecular weight excluding hydrogens is 372 g/mol. The van der Waals surface area contributed by atoms with Crippen LogP contribution >= 0.6 is 12.2 Å². The Kier molecular flexibility index (Phi) is 8.49. The molecule has 2 aromatic carbocycles. The normalized spacial score (nSPS) is 10.7. The third kappa shape index (κ3) is 7.80. The molecule has 5 nitrogen and oxygen atoms in total. The van der Waals surface area contributed by atoms with E-state index in [0.717, 1.165) is 22.7 Å². The second-order valence-electron chi connectivity index (χ2n) is 6.51. The first-order valence-corrected chi connectivity index (χ1v) is 9.63. The number of rotatable bonds is 8. The summed E-state index contributed by atoms with van der Waals surface area (Å²) in [5, 5.41) is 5.84. The SMILES string of the molecule is CCOc1ccc(/C=C/C(=O)NC(=S)Nc2ccc(OCC(C)C)cc2)cc1. The van der Waals surface area contributed by atoms with Crippen molar-refractivity contribution in [3.8, 4) is 11.5 Å². The fourth-order valence-electron chi connectivity index (χ4n) is 2.23. The summed E-state index contributed by atoms with van der Waals surface area (Å²) in [6, 6.07) is 14.9. The van der Waals surface area contributed by atoms with Crippen LogP contribution in [0.15, 0.2) is 54.6 Å². The largest absolute Gasteiger partial charge is 0.494 e. The van der Waals surface area contributed by atoms with Gasteiger partial charge in [-0.1, -0.05) is 26.0 Å². The molecule has 0 aliphatic carbocycles. The number of ether oxygens (including phenoxy) is 2. The van der Waals surface area contributed by atoms with Gasteiger partial charge < -0.3 is 14.8 Å². The molecule has 0 heterocycles. The van der Waals surface area contributed by atoms with Gasteiger partial charge in [-0.05, 0) is 73.1 Å². The molecule has 0 radical (unpaired) electrons. The molecule has 0 unspecified atom stereocenters. The molecule has 2 N–H and O–H groups in total. The van der Waals surface area contributed by atoms with Gasteiger partial charge in [0.05, 0.1) is 13.2 Å². The Morgan fingerprint density at radius 1 is 1.04 bits per heavy atom. The van der Waals surface area contributed by atoms with E-state index in [1.54, 1.807) is 6.08 Å². The molecule has 0 aliphatic heterocycles. The number of carbonyl (C=O) groups excluding carboxylic acids is 1. The van der Waals surface area contributed by atoms with E-state index in [4.69, 9.17) is 21.7 Å². The number of nitrogens with one attached hydrogen (secondary N) is 2. The molecule has 0 fully saturated rings. The zero-order chi connectivity index (χ0) is 20.4. The summed E-state index contributed by atoms with van der Waals surface area (Å²) < 4.78 is 11.0. The molecule has 1 amide bonds. The van der Waals surface area contributed by atoms with E-state index in [0.29, 0.717) is 19.1 Å². The lowest BCUT2D eigenvalue weighted by Crippen LogP contribution is -2.32. The molecule has 0 saturated carbocycles. The molecule has 2 rings (SSSR count). The maximum absolute atomic E-state index is 12.0. The van der Waals surface area contributed by atoms with E-state index in [2.05, 4.69) is 24.5 Å². The lowest BCUT2D eigenvalue weighted by atomic mass is 10.2. The van der Waals surface area contributed by atoms with Crippen LogP contribution < -0.4 is 20.1 Å². The Labute approximate surface area is 171 Å². The van der Waals surface area contributed by atoms with Crippen LogP contribution in [0.1, 0.15) is 26.3 Å². The van der Waals surface area contributed by atoms with Crippen molar-refractivity contribution in [1.29, 1.82) is 0 Å². The summed E-state index contributed by atoms with van der Waals surface area (Å²) in [7, 11) is 0. The van der Waals surface area contributed by atoms with Crippen LogP contribution in [0, 0.1) is 5.92 Å². The standard InChI is InChI=1S/C22H26N2O3S/c1-4-26-19-10-5-17(6-11-19)7-14-21(25)24-22(28)23-18-8-12-20(13-9-18)27-15-16(2)3/h5-14,16H,4,15H2,1-3H3,(H2,23,24,25,28)/b14-7+. The molecule has 28 heavy (non-hydrogen) atoms. The van der Waals surface area contributed by atoms with Crippen molar-refractivity contribution >= 4 is 35.0 Å². The second kappa shape index (κ2) is 11.1. The number of amides is 1. The van der Waals surface area contributed by atoms with Crippen molar-refractivity contribution in [1.82, 2.24) is 5.32 Å². The molecular formula is C22H26N2O3S. The minimum Gasteiger partial charge on any atom is -0.494 e. The summed E-state index contributed by atoms with van der Waals surface area (Å²) >= 11 is 5.18. The van der Waals surface area contributed by atoms with Gasteiger partial charge in [0.25, 0.3) is 0 Å². The molecule has 148 valence electrons. The number of hydrogen-bond donors (Lipinski definition) is 2. The summed E-state index contributed by atoms with van der Waals surface area (Å²) in [5.74, 6) is 1.77. The van der Waals surface area contributed by atoms with Crippen LogP contribution in [-0.4, -0.2) is 24.2 Å². The smallest absolute Gasteiger partial charge is 0.250 e. The molecule has 0 saturated heterocycles. The first-order valence-electron chi connectivity index (χ1n) is 9.22. The van der Waals surface area contributed by atoms with Crippen molar-refractivity contribution in [3.05, 3.63) is 60.2 Å². The highest BCUT2D eigenvalue weighted by Gasteiger charge is 2.03. The van der Waals surface area contributed by atoms with E-state index < -0.39 is 0 Å². The van der Waals surface area contributed by atoms with Crippen LogP contribution in [-0.2, 0) is 4.79 Å². The van der Waals surface area contributed by atoms with Gasteiger partial charge in [-0.3, -0.25) is 10.1 Å². The van der Waals surface area contributed by atoms with Crippen molar-refractivity contribution in [2.24, 2.45) is 5.92 Å². The minimum absolute atomic E-state index is 0.234. The highest BCUT2D eigenvalue weighted by atomic mass is 32.1. The highest BCUT2D eigenvalue weighted by Crippen LogP contribution is 2.16. The number of benzene rings is 2. The van der Waals surface area contributed by atoms with Crippen LogP contribution in [0.3, 0.4) is 0 Å². The summed E-state index contributed by atoms with van der Waals surface area (Å²) in [5.41, 5.74) is 1.67. The monoisotopic (exact) mass is 398 g/mol. The zero-order valence-electron chi connectivity index (χ0n) is 16.4. The minimum atomic E-state index is -0.303. The number of anilines is 1. The lowest BCUT2D eigenvalue weighted by Gasteiger charge is -2.11. The Morgan fingerprint density at radius 2 is 1.64 bits per heavy atom. The van der Waals surface area contributed by atoms with Gasteiger partial charge in [-0.2, -0.15) is 0 Å². The summed E-state index contributed by atoms with van der Waals surface area (Å²) in [6.07, 6.45) is 3.15. The van der Waals surface area contributed by atoms with Crippen LogP contribution in [0.25, 0.3) is 6.08 Å². The van der Waals surface area contributed by atoms with E-state index in [-0.39, 0.29) is 11.0 Å².